The van der Waals surface area contributed by atoms with Gasteiger partial charge in [-0.25, -0.2) is 0 Å². The van der Waals surface area contributed by atoms with Gasteiger partial charge in [0.1, 0.15) is 0 Å². The fourth-order valence-corrected chi connectivity index (χ4v) is 7.19. The summed E-state index contributed by atoms with van der Waals surface area (Å²) < 4.78 is 0. The number of thiophene rings is 1. The van der Waals surface area contributed by atoms with Crippen molar-refractivity contribution < 1.29 is 0 Å². The van der Waals surface area contributed by atoms with E-state index in [0.717, 1.165) is 11.2 Å². The Morgan fingerprint density at radius 2 is 1.81 bits per heavy atom. The third-order valence-corrected chi connectivity index (χ3v) is 7.58. The monoisotopic (exact) mass is 250 g/mol. The molecular formula is C14H18S2. The molecule has 1 aromatic rings. The van der Waals surface area contributed by atoms with Crippen molar-refractivity contribution in [2.24, 2.45) is 0 Å². The standard InChI is InChI=1S/C14H18S2/c1-3-7-11-9(5-1)13-14(15-11)10-6-2-4-8-12(10)16-13/h9,11H,1-8H2. The Morgan fingerprint density at radius 1 is 0.938 bits per heavy atom. The van der Waals surface area contributed by atoms with Gasteiger partial charge in [0, 0.05) is 25.8 Å². The highest BCUT2D eigenvalue weighted by atomic mass is 32.2. The minimum absolute atomic E-state index is 0.948. The molecule has 2 atom stereocenters. The second-order valence-corrected chi connectivity index (χ2v) is 7.84. The molecule has 0 aromatic carbocycles. The molecule has 86 valence electrons. The number of hydrogen-bond acceptors (Lipinski definition) is 2. The lowest BCUT2D eigenvalue weighted by molar-refractivity contribution is 0.466. The van der Waals surface area contributed by atoms with E-state index in [-0.39, 0.29) is 0 Å². The van der Waals surface area contributed by atoms with Crippen molar-refractivity contribution in [3.05, 3.63) is 15.3 Å². The van der Waals surface area contributed by atoms with Crippen LogP contribution in [0.1, 0.15) is 59.8 Å². The van der Waals surface area contributed by atoms with Crippen LogP contribution in [0.5, 0.6) is 0 Å². The van der Waals surface area contributed by atoms with Crippen molar-refractivity contribution in [2.75, 3.05) is 0 Å². The number of rotatable bonds is 0. The highest BCUT2D eigenvalue weighted by Crippen LogP contribution is 2.57. The fraction of sp³-hybridized carbons (Fsp3) is 0.714. The quantitative estimate of drug-likeness (QED) is 0.640. The van der Waals surface area contributed by atoms with Crippen molar-refractivity contribution in [2.45, 2.75) is 67.4 Å². The van der Waals surface area contributed by atoms with Crippen LogP contribution in [0.25, 0.3) is 0 Å². The van der Waals surface area contributed by atoms with Crippen LogP contribution < -0.4 is 0 Å². The molecule has 2 unspecified atom stereocenters. The van der Waals surface area contributed by atoms with Crippen molar-refractivity contribution >= 4 is 23.1 Å². The number of aryl methyl sites for hydroxylation is 1. The van der Waals surface area contributed by atoms with Gasteiger partial charge in [-0.2, -0.15) is 0 Å². The molecule has 3 aliphatic rings. The van der Waals surface area contributed by atoms with Gasteiger partial charge in [-0.3, -0.25) is 0 Å². The minimum Gasteiger partial charge on any atom is -0.144 e. The first-order valence-corrected chi connectivity index (χ1v) is 8.44. The van der Waals surface area contributed by atoms with E-state index in [1.165, 1.54) is 51.4 Å². The van der Waals surface area contributed by atoms with Crippen molar-refractivity contribution in [3.63, 3.8) is 0 Å². The normalized spacial score (nSPS) is 32.0. The molecule has 1 aromatic heterocycles. The average molecular weight is 250 g/mol. The molecule has 2 aliphatic carbocycles. The van der Waals surface area contributed by atoms with Crippen LogP contribution >= 0.6 is 23.1 Å². The zero-order chi connectivity index (χ0) is 10.5. The van der Waals surface area contributed by atoms with Gasteiger partial charge in [0.2, 0.25) is 0 Å². The highest BCUT2D eigenvalue weighted by Gasteiger charge is 2.39. The molecule has 0 bridgehead atoms. The first-order valence-electron chi connectivity index (χ1n) is 6.74. The Hall–Kier alpha value is 0.0500. The molecule has 0 N–H and O–H groups in total. The topological polar surface area (TPSA) is 0 Å². The Kier molecular flexibility index (Phi) is 2.36. The Balaban J connectivity index is 1.78. The number of hydrogen-bond donors (Lipinski definition) is 0. The third-order valence-electron chi connectivity index (χ3n) is 4.46. The lowest BCUT2D eigenvalue weighted by Crippen LogP contribution is -2.14. The van der Waals surface area contributed by atoms with Crippen molar-refractivity contribution in [1.82, 2.24) is 0 Å². The summed E-state index contributed by atoms with van der Waals surface area (Å²) in [5.74, 6) is 0.948. The smallest absolute Gasteiger partial charge is 0.0252 e. The lowest BCUT2D eigenvalue weighted by Gasteiger charge is -2.24. The molecule has 1 aliphatic heterocycles. The number of thioether (sulfide) groups is 1. The SMILES string of the molecule is C1CCc2c(sc3c2SC2CCCCC32)C1. The summed E-state index contributed by atoms with van der Waals surface area (Å²) in [6.07, 6.45) is 11.5. The van der Waals surface area contributed by atoms with Gasteiger partial charge in [-0.1, -0.05) is 12.8 Å². The van der Waals surface area contributed by atoms with Gasteiger partial charge in [-0.05, 0) is 44.1 Å². The molecule has 2 heterocycles. The summed E-state index contributed by atoms with van der Waals surface area (Å²) in [5, 5.41) is 0.960. The van der Waals surface area contributed by atoms with Gasteiger partial charge in [0.25, 0.3) is 0 Å². The van der Waals surface area contributed by atoms with E-state index in [9.17, 15) is 0 Å². The number of fused-ring (bicyclic) bond motifs is 5. The molecule has 16 heavy (non-hydrogen) atoms. The predicted molar refractivity (Wildman–Crippen MR) is 71.8 cm³/mol. The van der Waals surface area contributed by atoms with E-state index >= 15 is 0 Å². The molecule has 1 saturated carbocycles. The maximum absolute atomic E-state index is 2.25. The highest BCUT2D eigenvalue weighted by molar-refractivity contribution is 8.00. The summed E-state index contributed by atoms with van der Waals surface area (Å²) in [7, 11) is 0. The first-order chi connectivity index (χ1) is 7.93. The Labute approximate surface area is 106 Å². The molecule has 1 fully saturated rings. The molecular weight excluding hydrogens is 232 g/mol. The Morgan fingerprint density at radius 3 is 2.81 bits per heavy atom. The molecule has 0 radical (unpaired) electrons. The van der Waals surface area contributed by atoms with Gasteiger partial charge < -0.3 is 0 Å². The second-order valence-electron chi connectivity index (χ2n) is 5.45. The maximum atomic E-state index is 2.25. The van der Waals surface area contributed by atoms with Crippen molar-refractivity contribution in [1.29, 1.82) is 0 Å². The van der Waals surface area contributed by atoms with E-state index in [4.69, 9.17) is 0 Å². The van der Waals surface area contributed by atoms with E-state index in [1.54, 1.807) is 15.3 Å². The third kappa shape index (κ3) is 1.35. The average Bonchev–Trinajstić information content (AvgIpc) is 2.85. The van der Waals surface area contributed by atoms with Crippen LogP contribution in [-0.2, 0) is 12.8 Å². The summed E-state index contributed by atoms with van der Waals surface area (Å²) in [5.41, 5.74) is 1.78. The summed E-state index contributed by atoms with van der Waals surface area (Å²) in [6.45, 7) is 0. The molecule has 0 nitrogen and oxygen atoms in total. The molecule has 2 heteroatoms. The van der Waals surface area contributed by atoms with E-state index in [2.05, 4.69) is 23.1 Å². The van der Waals surface area contributed by atoms with Crippen LogP contribution in [-0.4, -0.2) is 5.25 Å². The maximum Gasteiger partial charge on any atom is 0.0252 e. The molecule has 0 saturated heterocycles. The van der Waals surface area contributed by atoms with Crippen molar-refractivity contribution in [3.8, 4) is 0 Å². The van der Waals surface area contributed by atoms with E-state index in [1.807, 2.05) is 4.88 Å². The molecule has 0 amide bonds. The van der Waals surface area contributed by atoms with Gasteiger partial charge in [0.05, 0.1) is 0 Å². The van der Waals surface area contributed by atoms with E-state index < -0.39 is 0 Å². The summed E-state index contributed by atoms with van der Waals surface area (Å²) in [6, 6.07) is 0. The van der Waals surface area contributed by atoms with Gasteiger partial charge in [-0.15, -0.1) is 23.1 Å². The van der Waals surface area contributed by atoms with Crippen LogP contribution in [0.3, 0.4) is 0 Å². The second kappa shape index (κ2) is 3.78. The molecule has 4 rings (SSSR count). The first kappa shape index (κ1) is 10.0. The van der Waals surface area contributed by atoms with Crippen LogP contribution in [0, 0.1) is 0 Å². The van der Waals surface area contributed by atoms with Crippen LogP contribution in [0.4, 0.5) is 0 Å². The zero-order valence-electron chi connectivity index (χ0n) is 9.63. The summed E-state index contributed by atoms with van der Waals surface area (Å²) >= 11 is 4.44. The van der Waals surface area contributed by atoms with E-state index in [0.29, 0.717) is 0 Å². The van der Waals surface area contributed by atoms with Gasteiger partial charge in [0.15, 0.2) is 0 Å². The van der Waals surface area contributed by atoms with Crippen LogP contribution in [0.15, 0.2) is 4.90 Å². The van der Waals surface area contributed by atoms with Gasteiger partial charge >= 0.3 is 0 Å². The Bertz CT molecular complexity index is 419. The van der Waals surface area contributed by atoms with Crippen LogP contribution in [0.2, 0.25) is 0 Å². The summed E-state index contributed by atoms with van der Waals surface area (Å²) in [4.78, 5) is 5.32. The zero-order valence-corrected chi connectivity index (χ0v) is 11.3. The lowest BCUT2D eigenvalue weighted by atomic mass is 9.87. The minimum atomic E-state index is 0.948. The fourth-order valence-electron chi connectivity index (χ4n) is 3.62. The largest absolute Gasteiger partial charge is 0.144 e. The predicted octanol–water partition coefficient (Wildman–Crippen LogP) is 4.76. The molecule has 0 spiro atoms.